The van der Waals surface area contributed by atoms with Crippen molar-refractivity contribution in [3.8, 4) is 33.8 Å². The Hall–Kier alpha value is -4.36. The number of nitrogens with one attached hydrogen (secondary N) is 3. The van der Waals surface area contributed by atoms with Crippen LogP contribution < -0.4 is 5.32 Å². The van der Waals surface area contributed by atoms with Crippen molar-refractivity contribution in [1.82, 2.24) is 30.5 Å². The summed E-state index contributed by atoms with van der Waals surface area (Å²) in [6, 6.07) is 18.9. The number of benzene rings is 2. The van der Waals surface area contributed by atoms with Crippen LogP contribution in [0.5, 0.6) is 0 Å². The second-order valence-corrected chi connectivity index (χ2v) is 8.51. The van der Waals surface area contributed by atoms with Gasteiger partial charge >= 0.3 is 0 Å². The van der Waals surface area contributed by atoms with E-state index in [4.69, 9.17) is 0 Å². The van der Waals surface area contributed by atoms with Gasteiger partial charge in [-0.2, -0.15) is 5.10 Å². The van der Waals surface area contributed by atoms with E-state index in [9.17, 15) is 4.39 Å². The van der Waals surface area contributed by atoms with Gasteiger partial charge in [0.2, 0.25) is 0 Å². The molecule has 0 unspecified atom stereocenters. The van der Waals surface area contributed by atoms with Gasteiger partial charge in [0.15, 0.2) is 0 Å². The first kappa shape index (κ1) is 21.2. The van der Waals surface area contributed by atoms with Crippen LogP contribution in [0.1, 0.15) is 12.5 Å². The molecule has 0 aliphatic rings. The molecule has 0 amide bonds. The molecule has 0 saturated carbocycles. The molecule has 0 fully saturated rings. The van der Waals surface area contributed by atoms with Crippen molar-refractivity contribution in [2.45, 2.75) is 13.5 Å². The monoisotopic (exact) mass is 462 g/mol. The lowest BCUT2D eigenvalue weighted by atomic mass is 10.0. The van der Waals surface area contributed by atoms with Gasteiger partial charge in [0, 0.05) is 40.8 Å². The lowest BCUT2D eigenvalue weighted by molar-refractivity contribution is 0.628. The van der Waals surface area contributed by atoms with Gasteiger partial charge in [-0.05, 0) is 59.6 Å². The fourth-order valence-electron chi connectivity index (χ4n) is 4.46. The molecule has 35 heavy (non-hydrogen) atoms. The zero-order valence-electron chi connectivity index (χ0n) is 19.1. The third-order valence-corrected chi connectivity index (χ3v) is 6.17. The summed E-state index contributed by atoms with van der Waals surface area (Å²) in [5, 5.41) is 13.0. The molecule has 0 aliphatic carbocycles. The second kappa shape index (κ2) is 8.77. The van der Waals surface area contributed by atoms with E-state index in [0.29, 0.717) is 0 Å². The summed E-state index contributed by atoms with van der Waals surface area (Å²) < 4.78 is 13.9. The van der Waals surface area contributed by atoms with E-state index in [1.165, 1.54) is 6.07 Å². The van der Waals surface area contributed by atoms with Crippen LogP contribution in [0.2, 0.25) is 0 Å². The predicted molar refractivity (Wildman–Crippen MR) is 137 cm³/mol. The van der Waals surface area contributed by atoms with Crippen molar-refractivity contribution in [1.29, 1.82) is 0 Å². The number of H-pyrrole nitrogens is 2. The lowest BCUT2D eigenvalue weighted by Crippen LogP contribution is -2.11. The Morgan fingerprint density at radius 2 is 1.80 bits per heavy atom. The van der Waals surface area contributed by atoms with E-state index in [2.05, 4.69) is 49.5 Å². The van der Waals surface area contributed by atoms with Crippen LogP contribution >= 0.6 is 0 Å². The summed E-state index contributed by atoms with van der Waals surface area (Å²) in [5.41, 5.74) is 8.21. The quantitative estimate of drug-likeness (QED) is 0.280. The Bertz CT molecular complexity index is 1670. The van der Waals surface area contributed by atoms with Gasteiger partial charge in [-0.25, -0.2) is 4.39 Å². The van der Waals surface area contributed by atoms with Gasteiger partial charge in [0.25, 0.3) is 0 Å². The fraction of sp³-hybridized carbons (Fsp3) is 0.107. The van der Waals surface area contributed by atoms with Crippen LogP contribution in [-0.2, 0) is 6.54 Å². The van der Waals surface area contributed by atoms with Gasteiger partial charge in [-0.3, -0.25) is 15.1 Å². The summed E-state index contributed by atoms with van der Waals surface area (Å²) in [5.74, 6) is -0.252. The number of pyridine rings is 2. The summed E-state index contributed by atoms with van der Waals surface area (Å²) >= 11 is 0. The Morgan fingerprint density at radius 1 is 0.886 bits per heavy atom. The molecule has 7 heteroatoms. The van der Waals surface area contributed by atoms with Gasteiger partial charge in [0.05, 0.1) is 23.1 Å². The van der Waals surface area contributed by atoms with Crippen molar-refractivity contribution in [2.24, 2.45) is 0 Å². The van der Waals surface area contributed by atoms with E-state index >= 15 is 0 Å². The highest BCUT2D eigenvalue weighted by molar-refractivity contribution is 6.01. The minimum absolute atomic E-state index is 0.252. The summed E-state index contributed by atoms with van der Waals surface area (Å²) in [7, 11) is 0. The molecule has 0 radical (unpaired) electrons. The zero-order valence-corrected chi connectivity index (χ0v) is 19.1. The molecule has 0 aliphatic heterocycles. The maximum atomic E-state index is 13.9. The van der Waals surface area contributed by atoms with Crippen molar-refractivity contribution in [2.75, 3.05) is 6.54 Å². The maximum Gasteiger partial charge on any atom is 0.123 e. The smallest absolute Gasteiger partial charge is 0.123 e. The largest absolute Gasteiger partial charge is 0.353 e. The number of rotatable bonds is 6. The van der Waals surface area contributed by atoms with Crippen LogP contribution in [0.3, 0.4) is 0 Å². The Labute approximate surface area is 201 Å². The molecule has 4 heterocycles. The minimum Gasteiger partial charge on any atom is -0.353 e. The number of aromatic nitrogens is 5. The number of nitrogens with zero attached hydrogens (tertiary/aromatic N) is 3. The Kier molecular flexibility index (Phi) is 5.31. The topological polar surface area (TPSA) is 82.3 Å². The van der Waals surface area contributed by atoms with Crippen molar-refractivity contribution in [3.05, 3.63) is 90.6 Å². The molecule has 6 nitrogen and oxygen atoms in total. The third kappa shape index (κ3) is 3.96. The van der Waals surface area contributed by atoms with Crippen LogP contribution in [0.4, 0.5) is 4.39 Å². The van der Waals surface area contributed by atoms with E-state index in [1.807, 2.05) is 42.7 Å². The van der Waals surface area contributed by atoms with Crippen LogP contribution in [-0.4, -0.2) is 31.7 Å². The van der Waals surface area contributed by atoms with Crippen LogP contribution in [0, 0.1) is 5.82 Å². The Morgan fingerprint density at radius 3 is 2.69 bits per heavy atom. The van der Waals surface area contributed by atoms with Gasteiger partial charge in [-0.1, -0.05) is 31.2 Å². The molecule has 6 aromatic rings. The SMILES string of the molecule is CCNCc1cncc(-c2cc3c(-c4cc5c(-c6cccc(F)c6)cccc5[nH]4)n[nH]c3cn2)c1. The summed E-state index contributed by atoms with van der Waals surface area (Å²) in [6.45, 7) is 3.75. The number of fused-ring (bicyclic) bond motifs is 2. The molecule has 6 rings (SSSR count). The van der Waals surface area contributed by atoms with Crippen LogP contribution in [0.25, 0.3) is 55.6 Å². The number of hydrogen-bond donors (Lipinski definition) is 3. The summed E-state index contributed by atoms with van der Waals surface area (Å²) in [6.07, 6.45) is 5.51. The van der Waals surface area contributed by atoms with Gasteiger partial charge in [-0.15, -0.1) is 0 Å². The second-order valence-electron chi connectivity index (χ2n) is 8.51. The Balaban J connectivity index is 1.44. The first-order chi connectivity index (χ1) is 17.2. The minimum atomic E-state index is -0.252. The highest BCUT2D eigenvalue weighted by Gasteiger charge is 2.15. The molecular formula is C28H23FN6. The first-order valence-corrected chi connectivity index (χ1v) is 11.6. The van der Waals surface area contributed by atoms with Crippen LogP contribution in [0.15, 0.2) is 79.3 Å². The highest BCUT2D eigenvalue weighted by Crippen LogP contribution is 2.35. The van der Waals surface area contributed by atoms with Crippen molar-refractivity contribution in [3.63, 3.8) is 0 Å². The van der Waals surface area contributed by atoms with E-state index in [-0.39, 0.29) is 5.82 Å². The molecule has 3 N–H and O–H groups in total. The van der Waals surface area contributed by atoms with E-state index in [1.54, 1.807) is 18.3 Å². The molecule has 4 aromatic heterocycles. The average molecular weight is 463 g/mol. The number of aromatic amines is 2. The lowest BCUT2D eigenvalue weighted by Gasteiger charge is -2.05. The highest BCUT2D eigenvalue weighted by atomic mass is 19.1. The predicted octanol–water partition coefficient (Wildman–Crippen LogP) is 6.08. The first-order valence-electron chi connectivity index (χ1n) is 11.6. The van der Waals surface area contributed by atoms with Crippen molar-refractivity contribution >= 4 is 21.8 Å². The van der Waals surface area contributed by atoms with Gasteiger partial charge in [0.1, 0.15) is 11.5 Å². The van der Waals surface area contributed by atoms with Crippen molar-refractivity contribution < 1.29 is 4.39 Å². The normalized spacial score (nSPS) is 11.5. The number of hydrogen-bond acceptors (Lipinski definition) is 4. The molecule has 0 bridgehead atoms. The molecule has 2 aromatic carbocycles. The average Bonchev–Trinajstić information content (AvgIpc) is 3.51. The zero-order chi connectivity index (χ0) is 23.8. The molecule has 0 spiro atoms. The third-order valence-electron chi connectivity index (χ3n) is 6.17. The summed E-state index contributed by atoms with van der Waals surface area (Å²) in [4.78, 5) is 12.5. The van der Waals surface area contributed by atoms with Gasteiger partial charge < -0.3 is 10.3 Å². The molecule has 0 saturated heterocycles. The fourth-order valence-corrected chi connectivity index (χ4v) is 4.46. The standard InChI is InChI=1S/C28H23FN6/c1-2-30-13-17-9-19(15-31-14-17)25-12-23-27(16-32-25)34-35-28(23)26-11-22-21(7-4-8-24(22)33-26)18-5-3-6-20(29)10-18/h3-12,14-16,30,33H,2,13H2,1H3,(H,34,35). The maximum absolute atomic E-state index is 13.9. The molecule has 0 atom stereocenters. The van der Waals surface area contributed by atoms with E-state index in [0.717, 1.165) is 74.2 Å². The molecular weight excluding hydrogens is 439 g/mol. The molecule has 172 valence electrons. The number of halogens is 1. The van der Waals surface area contributed by atoms with E-state index < -0.39 is 0 Å².